The van der Waals surface area contributed by atoms with E-state index in [-0.39, 0.29) is 5.91 Å². The van der Waals surface area contributed by atoms with Crippen LogP contribution >= 0.6 is 0 Å². The first-order chi connectivity index (χ1) is 11.6. The molecule has 3 rings (SSSR count). The Kier molecular flexibility index (Phi) is 3.98. The zero-order valence-corrected chi connectivity index (χ0v) is 13.7. The van der Waals surface area contributed by atoms with Crippen molar-refractivity contribution in [2.75, 3.05) is 7.05 Å². The van der Waals surface area contributed by atoms with Gasteiger partial charge in [-0.15, -0.1) is 0 Å². The lowest BCUT2D eigenvalue weighted by Crippen LogP contribution is -2.28. The van der Waals surface area contributed by atoms with Gasteiger partial charge in [0.15, 0.2) is 0 Å². The Hall–Kier alpha value is -2.55. The van der Waals surface area contributed by atoms with E-state index in [9.17, 15) is 26.4 Å². The van der Waals surface area contributed by atoms with Crippen molar-refractivity contribution < 1.29 is 30.6 Å². The number of fused-ring (bicyclic) bond motifs is 1. The molecule has 0 saturated heterocycles. The van der Waals surface area contributed by atoms with Crippen molar-refractivity contribution in [3.8, 4) is 16.9 Å². The number of carbonyl (C=O) groups is 1. The lowest BCUT2D eigenvalue weighted by atomic mass is 9.97. The second kappa shape index (κ2) is 5.76. The number of nitrogens with zero attached hydrogens (tertiary/aromatic N) is 1. The Balaban J connectivity index is 1.93. The van der Waals surface area contributed by atoms with Crippen molar-refractivity contribution >= 4 is 16.0 Å². The molecule has 1 amide bonds. The largest absolute Gasteiger partial charge is 0.534 e. The summed E-state index contributed by atoms with van der Waals surface area (Å²) >= 11 is 0. The summed E-state index contributed by atoms with van der Waals surface area (Å²) in [5, 5.41) is 0. The van der Waals surface area contributed by atoms with Crippen LogP contribution in [0.3, 0.4) is 0 Å². The number of halogens is 3. The second-order valence-corrected chi connectivity index (χ2v) is 7.05. The molecular weight excluding hydrogens is 359 g/mol. The number of rotatable bonds is 3. The zero-order chi connectivity index (χ0) is 18.4. The van der Waals surface area contributed by atoms with Crippen LogP contribution in [0.5, 0.6) is 5.75 Å². The van der Waals surface area contributed by atoms with E-state index in [1.54, 1.807) is 24.1 Å². The number of carbonyl (C=O) groups excluding carboxylic acids is 1. The molecule has 9 heteroatoms. The molecule has 25 heavy (non-hydrogen) atoms. The monoisotopic (exact) mass is 371 g/mol. The van der Waals surface area contributed by atoms with Gasteiger partial charge >= 0.3 is 15.6 Å². The first-order valence-electron chi connectivity index (χ1n) is 7.09. The molecule has 1 heterocycles. The Labute approximate surface area is 141 Å². The summed E-state index contributed by atoms with van der Waals surface area (Å²) in [6.45, 7) is 0.479. The Morgan fingerprint density at radius 2 is 1.72 bits per heavy atom. The fourth-order valence-electron chi connectivity index (χ4n) is 2.61. The fourth-order valence-corrected chi connectivity index (χ4v) is 3.07. The molecule has 1 aliphatic rings. The molecule has 0 unspecified atom stereocenters. The lowest BCUT2D eigenvalue weighted by molar-refractivity contribution is -0.0500. The first-order valence-corrected chi connectivity index (χ1v) is 8.49. The summed E-state index contributed by atoms with van der Waals surface area (Å²) in [5.41, 5.74) is -2.93. The highest BCUT2D eigenvalue weighted by Crippen LogP contribution is 2.33. The molecule has 0 aliphatic carbocycles. The Morgan fingerprint density at radius 1 is 1.08 bits per heavy atom. The molecule has 132 valence electrons. The predicted octanol–water partition coefficient (Wildman–Crippen LogP) is 3.17. The van der Waals surface area contributed by atoms with E-state index >= 15 is 0 Å². The van der Waals surface area contributed by atoms with Crippen molar-refractivity contribution in [1.29, 1.82) is 0 Å². The van der Waals surface area contributed by atoms with Crippen LogP contribution in [0.2, 0.25) is 0 Å². The molecule has 1 aliphatic heterocycles. The smallest absolute Gasteiger partial charge is 0.376 e. The van der Waals surface area contributed by atoms with E-state index in [0.717, 1.165) is 17.7 Å². The Bertz CT molecular complexity index is 937. The van der Waals surface area contributed by atoms with E-state index in [4.69, 9.17) is 0 Å². The summed E-state index contributed by atoms with van der Waals surface area (Å²) in [6, 6.07) is 10.4. The Morgan fingerprint density at radius 3 is 2.32 bits per heavy atom. The zero-order valence-electron chi connectivity index (χ0n) is 12.9. The maximum absolute atomic E-state index is 12.3. The highest BCUT2D eigenvalue weighted by atomic mass is 32.2. The molecular formula is C16H12F3NO4S. The van der Waals surface area contributed by atoms with Gasteiger partial charge in [0.1, 0.15) is 5.75 Å². The van der Waals surface area contributed by atoms with Gasteiger partial charge in [-0.1, -0.05) is 30.3 Å². The third-order valence-electron chi connectivity index (χ3n) is 3.77. The fraction of sp³-hybridized carbons (Fsp3) is 0.188. The third kappa shape index (κ3) is 3.07. The van der Waals surface area contributed by atoms with Crippen LogP contribution in [0.4, 0.5) is 13.2 Å². The first kappa shape index (κ1) is 17.3. The van der Waals surface area contributed by atoms with E-state index in [2.05, 4.69) is 4.18 Å². The summed E-state index contributed by atoms with van der Waals surface area (Å²) in [5.74, 6) is -0.609. The van der Waals surface area contributed by atoms with Crippen LogP contribution < -0.4 is 4.18 Å². The number of hydrogen-bond acceptors (Lipinski definition) is 4. The third-order valence-corrected chi connectivity index (χ3v) is 4.75. The quantitative estimate of drug-likeness (QED) is 0.614. The van der Waals surface area contributed by atoms with Gasteiger partial charge in [-0.05, 0) is 28.8 Å². The van der Waals surface area contributed by atoms with Gasteiger partial charge in [-0.25, -0.2) is 0 Å². The minimum Gasteiger partial charge on any atom is -0.376 e. The summed E-state index contributed by atoms with van der Waals surface area (Å²) in [4.78, 5) is 13.8. The van der Waals surface area contributed by atoms with Crippen LogP contribution in [-0.2, 0) is 16.7 Å². The summed E-state index contributed by atoms with van der Waals surface area (Å²) in [6.07, 6.45) is 0. The van der Waals surface area contributed by atoms with Gasteiger partial charge in [0.25, 0.3) is 5.91 Å². The molecule has 0 atom stereocenters. The molecule has 0 radical (unpaired) electrons. The van der Waals surface area contributed by atoms with Gasteiger partial charge in [0.2, 0.25) is 0 Å². The average Bonchev–Trinajstić information content (AvgIpc) is 2.81. The van der Waals surface area contributed by atoms with E-state index in [1.807, 2.05) is 6.07 Å². The van der Waals surface area contributed by atoms with Gasteiger partial charge in [-0.3, -0.25) is 4.79 Å². The van der Waals surface area contributed by atoms with Crippen molar-refractivity contribution in [3.05, 3.63) is 53.6 Å². The van der Waals surface area contributed by atoms with E-state index in [1.165, 1.54) is 12.1 Å². The standard InChI is InChI=1S/C16H12F3NO4S/c1-20-9-11-3-2-4-13(14(11)15(20)21)10-5-7-12(8-6-10)24-25(22,23)16(17,18)19/h2-8H,9H2,1H3. The molecule has 2 aromatic rings. The maximum atomic E-state index is 12.3. The molecule has 0 saturated carbocycles. The van der Waals surface area contributed by atoms with E-state index < -0.39 is 21.4 Å². The molecule has 0 spiro atoms. The van der Waals surface area contributed by atoms with Crippen molar-refractivity contribution in [1.82, 2.24) is 4.90 Å². The van der Waals surface area contributed by atoms with E-state index in [0.29, 0.717) is 23.2 Å². The number of amides is 1. The van der Waals surface area contributed by atoms with Gasteiger partial charge in [0.05, 0.1) is 5.56 Å². The SMILES string of the molecule is CN1Cc2cccc(-c3ccc(OS(=O)(=O)C(F)(F)F)cc3)c2C1=O. The molecule has 5 nitrogen and oxygen atoms in total. The van der Waals surface area contributed by atoms with Crippen molar-refractivity contribution in [2.24, 2.45) is 0 Å². The highest BCUT2D eigenvalue weighted by Gasteiger charge is 2.48. The summed E-state index contributed by atoms with van der Waals surface area (Å²) < 4.78 is 63.1. The highest BCUT2D eigenvalue weighted by molar-refractivity contribution is 7.88. The van der Waals surface area contributed by atoms with Crippen LogP contribution in [0.1, 0.15) is 15.9 Å². The van der Waals surface area contributed by atoms with Crippen molar-refractivity contribution in [2.45, 2.75) is 12.1 Å². The number of hydrogen-bond donors (Lipinski definition) is 0. The maximum Gasteiger partial charge on any atom is 0.534 e. The van der Waals surface area contributed by atoms with Gasteiger partial charge < -0.3 is 9.08 Å². The van der Waals surface area contributed by atoms with Gasteiger partial charge in [0, 0.05) is 13.6 Å². The molecule has 0 aromatic heterocycles. The normalized spacial score (nSPS) is 14.6. The van der Waals surface area contributed by atoms with Crippen LogP contribution in [-0.4, -0.2) is 31.8 Å². The van der Waals surface area contributed by atoms with Crippen LogP contribution in [0.15, 0.2) is 42.5 Å². The summed E-state index contributed by atoms with van der Waals surface area (Å²) in [7, 11) is -4.04. The minimum absolute atomic E-state index is 0.148. The number of benzene rings is 2. The average molecular weight is 371 g/mol. The molecule has 0 bridgehead atoms. The molecule has 0 N–H and O–H groups in total. The predicted molar refractivity (Wildman–Crippen MR) is 83.3 cm³/mol. The molecule has 2 aromatic carbocycles. The lowest BCUT2D eigenvalue weighted by Gasteiger charge is -2.11. The van der Waals surface area contributed by atoms with Gasteiger partial charge in [-0.2, -0.15) is 21.6 Å². The second-order valence-electron chi connectivity index (χ2n) is 5.51. The van der Waals surface area contributed by atoms with Crippen LogP contribution in [0, 0.1) is 0 Å². The van der Waals surface area contributed by atoms with Crippen molar-refractivity contribution in [3.63, 3.8) is 0 Å². The topological polar surface area (TPSA) is 63.7 Å². The van der Waals surface area contributed by atoms with Crippen LogP contribution in [0.25, 0.3) is 11.1 Å². The molecule has 0 fully saturated rings. The minimum atomic E-state index is -5.71. The number of alkyl halides is 3.